The number of rotatable bonds is 3. The molecule has 0 spiro atoms. The van der Waals surface area contributed by atoms with Crippen LogP contribution in [-0.2, 0) is 16.1 Å². The number of esters is 1. The Labute approximate surface area is 104 Å². The molecule has 1 atom stereocenters. The molecule has 0 fully saturated rings. The van der Waals surface area contributed by atoms with Crippen LogP contribution < -0.4 is 0 Å². The number of aryl methyl sites for hydroxylation is 1. The number of fused-ring (bicyclic) bond motifs is 1. The van der Waals surface area contributed by atoms with Crippen molar-refractivity contribution in [1.82, 2.24) is 9.78 Å². The monoisotopic (exact) mass is 250 g/mol. The highest BCUT2D eigenvalue weighted by Gasteiger charge is 2.35. The summed E-state index contributed by atoms with van der Waals surface area (Å²) in [6.45, 7) is 3.78. The van der Waals surface area contributed by atoms with Gasteiger partial charge in [0.05, 0.1) is 6.61 Å². The number of carbonyl (C=O) groups excluding carboxylic acids is 3. The van der Waals surface area contributed by atoms with Crippen LogP contribution in [0.4, 0.5) is 0 Å². The highest BCUT2D eigenvalue weighted by molar-refractivity contribution is 6.09. The molecule has 0 radical (unpaired) electrons. The van der Waals surface area contributed by atoms with Gasteiger partial charge in [-0.1, -0.05) is 0 Å². The Hall–Kier alpha value is -1.98. The zero-order valence-electron chi connectivity index (χ0n) is 10.3. The number of ether oxygens (including phenoxy) is 1. The zero-order valence-corrected chi connectivity index (χ0v) is 10.3. The van der Waals surface area contributed by atoms with Crippen molar-refractivity contribution in [2.24, 2.45) is 5.92 Å². The van der Waals surface area contributed by atoms with Gasteiger partial charge in [0.15, 0.2) is 11.6 Å². The first kappa shape index (κ1) is 12.5. The molecule has 1 aliphatic heterocycles. The van der Waals surface area contributed by atoms with E-state index in [9.17, 15) is 14.4 Å². The van der Waals surface area contributed by atoms with E-state index in [-0.39, 0.29) is 23.9 Å². The van der Waals surface area contributed by atoms with Crippen LogP contribution in [0, 0.1) is 5.92 Å². The van der Waals surface area contributed by atoms with Crippen molar-refractivity contribution < 1.29 is 19.1 Å². The Bertz CT molecular complexity index is 518. The zero-order chi connectivity index (χ0) is 13.3. The summed E-state index contributed by atoms with van der Waals surface area (Å²) in [5.41, 5.74) is 0.562. The Morgan fingerprint density at radius 3 is 2.89 bits per heavy atom. The molecular formula is C12H14N2O4. The highest BCUT2D eigenvalue weighted by Crippen LogP contribution is 2.22. The van der Waals surface area contributed by atoms with Gasteiger partial charge in [0.2, 0.25) is 0 Å². The van der Waals surface area contributed by atoms with Crippen molar-refractivity contribution in [2.45, 2.75) is 26.8 Å². The van der Waals surface area contributed by atoms with E-state index in [0.29, 0.717) is 18.7 Å². The van der Waals surface area contributed by atoms with Crippen molar-refractivity contribution in [1.29, 1.82) is 0 Å². The Morgan fingerprint density at radius 2 is 2.28 bits per heavy atom. The van der Waals surface area contributed by atoms with E-state index in [0.717, 1.165) is 0 Å². The van der Waals surface area contributed by atoms with E-state index in [1.54, 1.807) is 6.92 Å². The fourth-order valence-electron chi connectivity index (χ4n) is 1.99. The molecule has 2 heterocycles. The summed E-state index contributed by atoms with van der Waals surface area (Å²) in [5.74, 6) is -1.79. The van der Waals surface area contributed by atoms with E-state index >= 15 is 0 Å². The quantitative estimate of drug-likeness (QED) is 0.451. The second-order valence-electron chi connectivity index (χ2n) is 4.15. The average Bonchev–Trinajstić information content (AvgIpc) is 2.74. The minimum Gasteiger partial charge on any atom is -0.465 e. The number of hydrogen-bond donors (Lipinski definition) is 0. The fourth-order valence-corrected chi connectivity index (χ4v) is 1.99. The van der Waals surface area contributed by atoms with Crippen LogP contribution in [0.15, 0.2) is 6.07 Å². The predicted molar refractivity (Wildman–Crippen MR) is 61.3 cm³/mol. The van der Waals surface area contributed by atoms with E-state index in [1.807, 2.05) is 0 Å². The van der Waals surface area contributed by atoms with Gasteiger partial charge in [-0.25, -0.2) is 0 Å². The van der Waals surface area contributed by atoms with Gasteiger partial charge in [0, 0.05) is 13.5 Å². The number of hydrogen-bond acceptors (Lipinski definition) is 5. The van der Waals surface area contributed by atoms with E-state index < -0.39 is 11.9 Å². The lowest BCUT2D eigenvalue weighted by Crippen LogP contribution is -2.33. The largest absolute Gasteiger partial charge is 0.465 e. The molecule has 1 unspecified atom stereocenters. The first-order valence-electron chi connectivity index (χ1n) is 5.84. The Balaban J connectivity index is 2.28. The first-order chi connectivity index (χ1) is 8.54. The molecule has 1 aromatic heterocycles. The van der Waals surface area contributed by atoms with E-state index in [2.05, 4.69) is 5.10 Å². The summed E-state index contributed by atoms with van der Waals surface area (Å²) in [4.78, 5) is 34.9. The van der Waals surface area contributed by atoms with Crippen LogP contribution in [0.5, 0.6) is 0 Å². The minimum absolute atomic E-state index is 0.197. The molecule has 2 rings (SSSR count). The summed E-state index contributed by atoms with van der Waals surface area (Å²) < 4.78 is 6.35. The minimum atomic E-state index is -0.769. The molecule has 18 heavy (non-hydrogen) atoms. The van der Waals surface area contributed by atoms with Gasteiger partial charge in [-0.05, 0) is 19.4 Å². The van der Waals surface area contributed by atoms with Gasteiger partial charge >= 0.3 is 5.97 Å². The topological polar surface area (TPSA) is 78.3 Å². The SMILES string of the molecule is CCOC(=O)C1CCn2nc(C(C)=O)cc2C1=O. The summed E-state index contributed by atoms with van der Waals surface area (Å²) in [6.07, 6.45) is 0.365. The van der Waals surface area contributed by atoms with Crippen molar-refractivity contribution in [3.63, 3.8) is 0 Å². The number of ketones is 2. The molecule has 1 aliphatic rings. The highest BCUT2D eigenvalue weighted by atomic mass is 16.5. The third-order valence-corrected chi connectivity index (χ3v) is 2.91. The Morgan fingerprint density at radius 1 is 1.56 bits per heavy atom. The van der Waals surface area contributed by atoms with Gasteiger partial charge in [-0.3, -0.25) is 19.1 Å². The maximum absolute atomic E-state index is 12.1. The van der Waals surface area contributed by atoms with E-state index in [4.69, 9.17) is 4.74 Å². The summed E-state index contributed by atoms with van der Waals surface area (Å²) in [7, 11) is 0. The van der Waals surface area contributed by atoms with Gasteiger partial charge < -0.3 is 4.74 Å². The normalized spacial score (nSPS) is 18.3. The molecule has 1 aromatic rings. The van der Waals surface area contributed by atoms with Crippen molar-refractivity contribution in [3.05, 3.63) is 17.5 Å². The summed E-state index contributed by atoms with van der Waals surface area (Å²) in [6, 6.07) is 1.44. The predicted octanol–water partition coefficient (Wildman–Crippen LogP) is 0.851. The third-order valence-electron chi connectivity index (χ3n) is 2.91. The van der Waals surface area contributed by atoms with Crippen LogP contribution in [-0.4, -0.2) is 33.9 Å². The number of nitrogens with zero attached hydrogens (tertiary/aromatic N) is 2. The number of aromatic nitrogens is 2. The molecular weight excluding hydrogens is 236 g/mol. The third kappa shape index (κ3) is 2.05. The summed E-state index contributed by atoms with van der Waals surface area (Å²) >= 11 is 0. The van der Waals surface area contributed by atoms with Crippen LogP contribution >= 0.6 is 0 Å². The second kappa shape index (κ2) is 4.72. The number of Topliss-reactive ketones (excluding diaryl/α,β-unsaturated/α-hetero) is 2. The van der Waals surface area contributed by atoms with Crippen molar-refractivity contribution in [3.8, 4) is 0 Å². The maximum Gasteiger partial charge on any atom is 0.316 e. The standard InChI is InChI=1S/C12H14N2O4/c1-3-18-12(17)8-4-5-14-10(11(8)16)6-9(13-14)7(2)15/h6,8H,3-5H2,1-2H3. The van der Waals surface area contributed by atoms with Gasteiger partial charge in [0.25, 0.3) is 0 Å². The number of carbonyl (C=O) groups is 3. The van der Waals surface area contributed by atoms with Crippen molar-refractivity contribution >= 4 is 17.5 Å². The van der Waals surface area contributed by atoms with Gasteiger partial charge in [0.1, 0.15) is 17.3 Å². The molecule has 0 saturated heterocycles. The molecule has 0 amide bonds. The maximum atomic E-state index is 12.1. The lowest BCUT2D eigenvalue weighted by Gasteiger charge is -2.20. The molecule has 0 aliphatic carbocycles. The van der Waals surface area contributed by atoms with Gasteiger partial charge in [-0.15, -0.1) is 0 Å². The summed E-state index contributed by atoms with van der Waals surface area (Å²) in [5, 5.41) is 4.03. The van der Waals surface area contributed by atoms with Crippen LogP contribution in [0.2, 0.25) is 0 Å². The lowest BCUT2D eigenvalue weighted by atomic mass is 9.94. The average molecular weight is 250 g/mol. The van der Waals surface area contributed by atoms with Crippen LogP contribution in [0.1, 0.15) is 41.2 Å². The van der Waals surface area contributed by atoms with Crippen LogP contribution in [0.3, 0.4) is 0 Å². The second-order valence-corrected chi connectivity index (χ2v) is 4.15. The van der Waals surface area contributed by atoms with Crippen molar-refractivity contribution in [2.75, 3.05) is 6.61 Å². The lowest BCUT2D eigenvalue weighted by molar-refractivity contribution is -0.146. The Kier molecular flexibility index (Phi) is 3.27. The van der Waals surface area contributed by atoms with E-state index in [1.165, 1.54) is 17.7 Å². The molecule has 6 heteroatoms. The molecule has 6 nitrogen and oxygen atoms in total. The molecule has 96 valence electrons. The molecule has 0 bridgehead atoms. The first-order valence-corrected chi connectivity index (χ1v) is 5.84. The molecule has 0 N–H and O–H groups in total. The fraction of sp³-hybridized carbons (Fsp3) is 0.500. The molecule has 0 saturated carbocycles. The van der Waals surface area contributed by atoms with Gasteiger partial charge in [-0.2, -0.15) is 5.10 Å². The molecule has 0 aromatic carbocycles. The smallest absolute Gasteiger partial charge is 0.316 e. The van der Waals surface area contributed by atoms with Crippen LogP contribution in [0.25, 0.3) is 0 Å².